The summed E-state index contributed by atoms with van der Waals surface area (Å²) >= 11 is 0. The Morgan fingerprint density at radius 3 is 2.62 bits per heavy atom. The Kier molecular flexibility index (Phi) is 5.14. The van der Waals surface area contributed by atoms with Crippen LogP contribution in [0, 0.1) is 19.7 Å². The molecule has 1 aliphatic rings. The topological polar surface area (TPSA) is 97.9 Å². The van der Waals surface area contributed by atoms with Crippen molar-refractivity contribution in [3.8, 4) is 5.69 Å². The predicted octanol–water partition coefficient (Wildman–Crippen LogP) is 3.01. The maximum atomic E-state index is 13.2. The van der Waals surface area contributed by atoms with Gasteiger partial charge < -0.3 is 9.84 Å². The minimum absolute atomic E-state index is 0.0984. The molecule has 8 nitrogen and oxygen atoms in total. The zero-order valence-corrected chi connectivity index (χ0v) is 16.4. The second-order valence-corrected chi connectivity index (χ2v) is 7.39. The van der Waals surface area contributed by atoms with Crippen LogP contribution in [-0.4, -0.2) is 32.4 Å². The lowest BCUT2D eigenvalue weighted by molar-refractivity contribution is -0.115. The van der Waals surface area contributed by atoms with Crippen LogP contribution in [0.4, 0.5) is 10.2 Å². The number of anilines is 1. The number of benzene rings is 1. The fourth-order valence-electron chi connectivity index (χ4n) is 3.76. The van der Waals surface area contributed by atoms with Gasteiger partial charge in [0.05, 0.1) is 23.5 Å². The molecule has 1 amide bonds. The Hall–Kier alpha value is -3.07. The summed E-state index contributed by atoms with van der Waals surface area (Å²) in [5.74, 6) is 1.10. The van der Waals surface area contributed by atoms with Crippen molar-refractivity contribution in [2.75, 3.05) is 11.9 Å². The van der Waals surface area contributed by atoms with Gasteiger partial charge in [-0.1, -0.05) is 18.0 Å². The molecule has 2 heterocycles. The highest BCUT2D eigenvalue weighted by molar-refractivity contribution is 5.91. The monoisotopic (exact) mass is 398 g/mol. The summed E-state index contributed by atoms with van der Waals surface area (Å²) in [5, 5.41) is 14.7. The van der Waals surface area contributed by atoms with Crippen molar-refractivity contribution < 1.29 is 13.7 Å². The van der Waals surface area contributed by atoms with Gasteiger partial charge >= 0.3 is 0 Å². The van der Waals surface area contributed by atoms with Crippen LogP contribution < -0.4 is 10.6 Å². The van der Waals surface area contributed by atoms with Gasteiger partial charge in [0.2, 0.25) is 11.8 Å². The molecule has 1 aliphatic carbocycles. The number of carbonyl (C=O) groups is 1. The summed E-state index contributed by atoms with van der Waals surface area (Å²) < 4.78 is 19.9. The lowest BCUT2D eigenvalue weighted by Gasteiger charge is -2.26. The summed E-state index contributed by atoms with van der Waals surface area (Å²) in [7, 11) is 0. The van der Waals surface area contributed by atoms with Crippen molar-refractivity contribution in [2.24, 2.45) is 0 Å². The van der Waals surface area contributed by atoms with Gasteiger partial charge in [-0.3, -0.25) is 10.1 Å². The number of amides is 1. The van der Waals surface area contributed by atoms with Gasteiger partial charge in [0.15, 0.2) is 5.82 Å². The molecular weight excluding hydrogens is 375 g/mol. The number of nitrogens with zero attached hydrogens (tertiary/aromatic N) is 4. The Bertz CT molecular complexity index is 1000. The number of hydrogen-bond acceptors (Lipinski definition) is 6. The van der Waals surface area contributed by atoms with Crippen LogP contribution in [0.3, 0.4) is 0 Å². The van der Waals surface area contributed by atoms with E-state index in [-0.39, 0.29) is 18.3 Å². The van der Waals surface area contributed by atoms with Crippen molar-refractivity contribution in [2.45, 2.75) is 45.1 Å². The van der Waals surface area contributed by atoms with Crippen LogP contribution in [0.15, 0.2) is 34.9 Å². The SMILES string of the molecule is Cc1cc(NC(=O)CNC2(c3noc(C)n3)CCCC2)n(-c2ccc(F)cc2)n1. The summed E-state index contributed by atoms with van der Waals surface area (Å²) in [6.45, 7) is 3.69. The van der Waals surface area contributed by atoms with E-state index in [2.05, 4.69) is 25.9 Å². The first-order valence-corrected chi connectivity index (χ1v) is 9.63. The molecule has 29 heavy (non-hydrogen) atoms. The summed E-state index contributed by atoms with van der Waals surface area (Å²) in [6.07, 6.45) is 3.79. The van der Waals surface area contributed by atoms with Crippen molar-refractivity contribution in [3.63, 3.8) is 0 Å². The molecule has 3 aromatic rings. The largest absolute Gasteiger partial charge is 0.340 e. The average Bonchev–Trinajstić information content (AvgIpc) is 3.42. The molecular formula is C20H23FN6O2. The smallest absolute Gasteiger partial charge is 0.239 e. The first-order valence-electron chi connectivity index (χ1n) is 9.63. The maximum absolute atomic E-state index is 13.2. The third-order valence-electron chi connectivity index (χ3n) is 5.17. The van der Waals surface area contributed by atoms with Crippen LogP contribution in [-0.2, 0) is 10.3 Å². The van der Waals surface area contributed by atoms with Gasteiger partial charge in [0.1, 0.15) is 11.6 Å². The number of rotatable bonds is 6. The molecule has 0 radical (unpaired) electrons. The summed E-state index contributed by atoms with van der Waals surface area (Å²) in [5.41, 5.74) is 0.965. The molecule has 0 unspecified atom stereocenters. The highest BCUT2D eigenvalue weighted by Gasteiger charge is 2.39. The first-order chi connectivity index (χ1) is 13.9. The number of nitrogens with one attached hydrogen (secondary N) is 2. The Morgan fingerprint density at radius 1 is 1.24 bits per heavy atom. The zero-order chi connectivity index (χ0) is 20.4. The summed E-state index contributed by atoms with van der Waals surface area (Å²) in [6, 6.07) is 7.71. The fourth-order valence-corrected chi connectivity index (χ4v) is 3.76. The number of aromatic nitrogens is 4. The molecule has 1 fully saturated rings. The van der Waals surface area contributed by atoms with Crippen molar-refractivity contribution >= 4 is 11.7 Å². The second-order valence-electron chi connectivity index (χ2n) is 7.39. The molecule has 0 aliphatic heterocycles. The average molecular weight is 398 g/mol. The molecule has 4 rings (SSSR count). The number of carbonyl (C=O) groups excluding carboxylic acids is 1. The molecule has 0 saturated heterocycles. The Morgan fingerprint density at radius 2 is 1.97 bits per heavy atom. The first kappa shape index (κ1) is 19.3. The number of hydrogen-bond donors (Lipinski definition) is 2. The zero-order valence-electron chi connectivity index (χ0n) is 16.4. The van der Waals surface area contributed by atoms with Crippen LogP contribution in [0.5, 0.6) is 0 Å². The van der Waals surface area contributed by atoms with E-state index < -0.39 is 5.54 Å². The molecule has 0 spiro atoms. The normalized spacial score (nSPS) is 15.6. The van der Waals surface area contributed by atoms with Gasteiger partial charge in [0.25, 0.3) is 0 Å². The molecule has 2 N–H and O–H groups in total. The van der Waals surface area contributed by atoms with Gasteiger partial charge in [-0.25, -0.2) is 9.07 Å². The molecule has 0 bridgehead atoms. The van der Waals surface area contributed by atoms with E-state index in [1.54, 1.807) is 29.8 Å². The van der Waals surface area contributed by atoms with Gasteiger partial charge in [0, 0.05) is 13.0 Å². The standard InChI is InChI=1S/C20H23FN6O2/c1-13-11-17(27(25-13)16-7-5-15(21)6-8-16)24-18(28)12-22-20(9-3-4-10-20)19-23-14(2)29-26-19/h5-8,11,22H,3-4,9-10,12H2,1-2H3,(H,24,28). The third-order valence-corrected chi connectivity index (χ3v) is 5.17. The lowest BCUT2D eigenvalue weighted by atomic mass is 9.96. The van der Waals surface area contributed by atoms with Crippen molar-refractivity contribution in [3.05, 3.63) is 53.6 Å². The molecule has 1 saturated carbocycles. The minimum Gasteiger partial charge on any atom is -0.340 e. The quantitative estimate of drug-likeness (QED) is 0.662. The molecule has 0 atom stereocenters. The molecule has 152 valence electrons. The number of aryl methyl sites for hydroxylation is 2. The van der Waals surface area contributed by atoms with Gasteiger partial charge in [-0.05, 0) is 44.0 Å². The van der Waals surface area contributed by atoms with E-state index in [1.807, 2.05) is 6.92 Å². The van der Waals surface area contributed by atoms with Crippen LogP contribution in [0.25, 0.3) is 5.69 Å². The molecule has 9 heteroatoms. The highest BCUT2D eigenvalue weighted by Crippen LogP contribution is 2.37. The van der Waals surface area contributed by atoms with Crippen LogP contribution in [0.1, 0.15) is 43.1 Å². The van der Waals surface area contributed by atoms with E-state index in [4.69, 9.17) is 4.52 Å². The van der Waals surface area contributed by atoms with Crippen LogP contribution >= 0.6 is 0 Å². The van der Waals surface area contributed by atoms with Crippen molar-refractivity contribution in [1.29, 1.82) is 0 Å². The van der Waals surface area contributed by atoms with Gasteiger partial charge in [-0.2, -0.15) is 10.1 Å². The molecule has 2 aromatic heterocycles. The second kappa shape index (κ2) is 7.75. The van der Waals surface area contributed by atoms with E-state index in [1.165, 1.54) is 12.1 Å². The fraction of sp³-hybridized carbons (Fsp3) is 0.400. The highest BCUT2D eigenvalue weighted by atomic mass is 19.1. The van der Waals surface area contributed by atoms with Crippen molar-refractivity contribution in [1.82, 2.24) is 25.2 Å². The van der Waals surface area contributed by atoms with E-state index >= 15 is 0 Å². The van der Waals surface area contributed by atoms with Gasteiger partial charge in [-0.15, -0.1) is 0 Å². The summed E-state index contributed by atoms with van der Waals surface area (Å²) in [4.78, 5) is 17.0. The predicted molar refractivity (Wildman–Crippen MR) is 104 cm³/mol. The maximum Gasteiger partial charge on any atom is 0.239 e. The lowest BCUT2D eigenvalue weighted by Crippen LogP contribution is -2.44. The number of halogens is 1. The molecule has 1 aromatic carbocycles. The Labute approximate surface area is 167 Å². The van der Waals surface area contributed by atoms with E-state index in [9.17, 15) is 9.18 Å². The third kappa shape index (κ3) is 4.04. The minimum atomic E-state index is -0.442. The van der Waals surface area contributed by atoms with E-state index in [0.29, 0.717) is 23.2 Å². The Balaban J connectivity index is 1.47. The van der Waals surface area contributed by atoms with Crippen LogP contribution in [0.2, 0.25) is 0 Å². The van der Waals surface area contributed by atoms with E-state index in [0.717, 1.165) is 31.4 Å².